The first kappa shape index (κ1) is 35.5. The van der Waals surface area contributed by atoms with Crippen LogP contribution >= 0.6 is 0 Å². The zero-order valence-electron chi connectivity index (χ0n) is 34.9. The molecule has 290 valence electrons. The molecule has 0 heterocycles. The Hall–Kier alpha value is -7.42. The van der Waals surface area contributed by atoms with Gasteiger partial charge in [-0.3, -0.25) is 0 Å². The summed E-state index contributed by atoms with van der Waals surface area (Å²) >= 11 is 0. The second kappa shape index (κ2) is 13.3. The summed E-state index contributed by atoms with van der Waals surface area (Å²) in [7, 11) is 0. The number of benzene rings is 11. The number of nitrogens with zero attached hydrogens (tertiary/aromatic N) is 2. The maximum absolute atomic E-state index is 2.56. The minimum Gasteiger partial charge on any atom is -0.310 e. The molecule has 0 fully saturated rings. The highest BCUT2D eigenvalue weighted by atomic mass is 15.2. The van der Waals surface area contributed by atoms with E-state index < -0.39 is 0 Å². The standard InChI is InChI=1S/C59H44N2/c1-37-33-53(60(42-20-10-6-11-21-42)43-22-12-7-13-23-43)48-31-29-46-38(2)34-54(49-32-30-45(37)57(48)58(46)49)61(52-26-15-14-24-47(52)39-17-8-5-9-18-39)44-35-41-28-27-40-19-16-25-50-55(40)56(41)51(36-44)59(50,3)4/h5-36H,1-4H3. The zero-order valence-corrected chi connectivity index (χ0v) is 34.9. The van der Waals surface area contributed by atoms with Crippen LogP contribution in [-0.2, 0) is 5.41 Å². The Bertz CT molecular complexity index is 3470. The molecule has 0 bridgehead atoms. The van der Waals surface area contributed by atoms with E-state index in [0.29, 0.717) is 0 Å². The van der Waals surface area contributed by atoms with Crippen molar-refractivity contribution in [2.24, 2.45) is 0 Å². The first-order chi connectivity index (χ1) is 29.9. The van der Waals surface area contributed by atoms with Gasteiger partial charge in [-0.25, -0.2) is 0 Å². The van der Waals surface area contributed by atoms with E-state index in [0.717, 1.165) is 22.7 Å². The summed E-state index contributed by atoms with van der Waals surface area (Å²) in [5, 5.41) is 13.0. The number of hydrogen-bond acceptors (Lipinski definition) is 2. The second-order valence-electron chi connectivity index (χ2n) is 17.4. The molecule has 0 atom stereocenters. The molecular weight excluding hydrogens is 737 g/mol. The van der Waals surface area contributed by atoms with Crippen molar-refractivity contribution in [1.82, 2.24) is 0 Å². The van der Waals surface area contributed by atoms with Crippen LogP contribution in [0, 0.1) is 13.8 Å². The van der Waals surface area contributed by atoms with Gasteiger partial charge in [0.15, 0.2) is 0 Å². The van der Waals surface area contributed by atoms with Gasteiger partial charge < -0.3 is 9.80 Å². The molecule has 2 nitrogen and oxygen atoms in total. The van der Waals surface area contributed by atoms with Crippen molar-refractivity contribution < 1.29 is 0 Å². The molecule has 0 saturated carbocycles. The maximum Gasteiger partial charge on any atom is 0.0543 e. The maximum atomic E-state index is 2.56. The van der Waals surface area contributed by atoms with Gasteiger partial charge in [0.2, 0.25) is 0 Å². The van der Waals surface area contributed by atoms with Crippen LogP contribution in [0.3, 0.4) is 0 Å². The van der Waals surface area contributed by atoms with Crippen LogP contribution in [0.5, 0.6) is 0 Å². The SMILES string of the molecule is Cc1cc(N(c2ccccc2)c2ccccc2)c2ccc3c(C)cc(N(c4cc5c6c(ccc7cccc(c76)C5(C)C)c4)c4ccccc4-c4ccccc4)c4ccc1c2c34. The van der Waals surface area contributed by atoms with Crippen LogP contribution in [-0.4, -0.2) is 0 Å². The van der Waals surface area contributed by atoms with Crippen molar-refractivity contribution >= 4 is 88.0 Å². The molecule has 0 amide bonds. The summed E-state index contributed by atoms with van der Waals surface area (Å²) in [4.78, 5) is 4.98. The molecule has 11 aromatic rings. The highest BCUT2D eigenvalue weighted by molar-refractivity contribution is 6.29. The van der Waals surface area contributed by atoms with E-state index in [-0.39, 0.29) is 5.41 Å². The molecule has 0 aromatic heterocycles. The average Bonchev–Trinajstić information content (AvgIpc) is 3.54. The molecule has 0 spiro atoms. The van der Waals surface area contributed by atoms with E-state index in [1.807, 2.05) is 0 Å². The summed E-state index contributed by atoms with van der Waals surface area (Å²) in [5.74, 6) is 0. The van der Waals surface area contributed by atoms with Gasteiger partial charge in [-0.1, -0.05) is 153 Å². The lowest BCUT2D eigenvalue weighted by Gasteiger charge is -2.32. The largest absolute Gasteiger partial charge is 0.310 e. The minimum atomic E-state index is -0.155. The topological polar surface area (TPSA) is 6.48 Å². The number of aryl methyl sites for hydroxylation is 2. The Morgan fingerprint density at radius 2 is 0.869 bits per heavy atom. The monoisotopic (exact) mass is 780 g/mol. The van der Waals surface area contributed by atoms with Gasteiger partial charge in [0.1, 0.15) is 0 Å². The molecule has 0 N–H and O–H groups in total. The fourth-order valence-corrected chi connectivity index (χ4v) is 10.7. The fraction of sp³-hybridized carbons (Fsp3) is 0.0847. The zero-order chi connectivity index (χ0) is 41.0. The van der Waals surface area contributed by atoms with E-state index in [4.69, 9.17) is 0 Å². The minimum absolute atomic E-state index is 0.155. The second-order valence-corrected chi connectivity index (χ2v) is 17.4. The van der Waals surface area contributed by atoms with Gasteiger partial charge in [-0.05, 0) is 139 Å². The van der Waals surface area contributed by atoms with Crippen LogP contribution in [0.15, 0.2) is 194 Å². The predicted octanol–water partition coefficient (Wildman–Crippen LogP) is 16.8. The van der Waals surface area contributed by atoms with Crippen molar-refractivity contribution in [1.29, 1.82) is 0 Å². The van der Waals surface area contributed by atoms with Gasteiger partial charge in [0.25, 0.3) is 0 Å². The average molecular weight is 781 g/mol. The van der Waals surface area contributed by atoms with Crippen LogP contribution < -0.4 is 9.80 Å². The number of hydrogen-bond donors (Lipinski definition) is 0. The molecule has 1 aliphatic carbocycles. The molecule has 11 aromatic carbocycles. The third-order valence-corrected chi connectivity index (χ3v) is 13.6. The van der Waals surface area contributed by atoms with Crippen LogP contribution in [0.2, 0.25) is 0 Å². The Morgan fingerprint density at radius 3 is 1.51 bits per heavy atom. The summed E-state index contributed by atoms with van der Waals surface area (Å²) in [6.45, 7) is 9.36. The predicted molar refractivity (Wildman–Crippen MR) is 262 cm³/mol. The highest BCUT2D eigenvalue weighted by Crippen LogP contribution is 2.54. The van der Waals surface area contributed by atoms with Gasteiger partial charge >= 0.3 is 0 Å². The lowest BCUT2D eigenvalue weighted by Crippen LogP contribution is -2.17. The van der Waals surface area contributed by atoms with Crippen LogP contribution in [0.25, 0.3) is 65.0 Å². The Morgan fingerprint density at radius 1 is 0.344 bits per heavy atom. The Kier molecular flexibility index (Phi) is 7.74. The van der Waals surface area contributed by atoms with Crippen molar-refractivity contribution in [3.63, 3.8) is 0 Å². The molecule has 0 aliphatic heterocycles. The molecular formula is C59H44N2. The summed E-state index contributed by atoms with van der Waals surface area (Å²) in [6.07, 6.45) is 0. The molecule has 1 aliphatic rings. The molecule has 12 rings (SSSR count). The lowest BCUT2D eigenvalue weighted by molar-refractivity contribution is 0.663. The lowest BCUT2D eigenvalue weighted by atomic mass is 9.81. The summed E-state index contributed by atoms with van der Waals surface area (Å²) < 4.78 is 0. The number of para-hydroxylation sites is 3. The van der Waals surface area contributed by atoms with Crippen molar-refractivity contribution in [3.05, 3.63) is 216 Å². The van der Waals surface area contributed by atoms with Crippen molar-refractivity contribution in [2.75, 3.05) is 9.80 Å². The van der Waals surface area contributed by atoms with Gasteiger partial charge in [-0.2, -0.15) is 0 Å². The van der Waals surface area contributed by atoms with E-state index >= 15 is 0 Å². The molecule has 0 unspecified atom stereocenters. The number of anilines is 6. The Labute approximate surface area is 356 Å². The van der Waals surface area contributed by atoms with E-state index in [1.54, 1.807) is 0 Å². The van der Waals surface area contributed by atoms with Crippen molar-refractivity contribution in [3.8, 4) is 11.1 Å². The van der Waals surface area contributed by atoms with Gasteiger partial charge in [0, 0.05) is 38.8 Å². The smallest absolute Gasteiger partial charge is 0.0543 e. The van der Waals surface area contributed by atoms with Gasteiger partial charge in [-0.15, -0.1) is 0 Å². The molecule has 0 radical (unpaired) electrons. The molecule has 2 heteroatoms. The number of rotatable bonds is 7. The Balaban J connectivity index is 1.18. The van der Waals surface area contributed by atoms with Crippen molar-refractivity contribution in [2.45, 2.75) is 33.1 Å². The first-order valence-electron chi connectivity index (χ1n) is 21.4. The quantitative estimate of drug-likeness (QED) is 0.149. The highest BCUT2D eigenvalue weighted by Gasteiger charge is 2.35. The van der Waals surface area contributed by atoms with Crippen LogP contribution in [0.4, 0.5) is 34.1 Å². The fourth-order valence-electron chi connectivity index (χ4n) is 10.7. The first-order valence-corrected chi connectivity index (χ1v) is 21.4. The third-order valence-electron chi connectivity index (χ3n) is 13.6. The van der Waals surface area contributed by atoms with Crippen LogP contribution in [0.1, 0.15) is 36.1 Å². The summed E-state index contributed by atoms with van der Waals surface area (Å²) in [5.41, 5.74) is 14.5. The van der Waals surface area contributed by atoms with E-state index in [9.17, 15) is 0 Å². The van der Waals surface area contributed by atoms with E-state index in [2.05, 4.69) is 232 Å². The van der Waals surface area contributed by atoms with Gasteiger partial charge in [0.05, 0.1) is 17.1 Å². The van der Waals surface area contributed by atoms with E-state index in [1.165, 1.54) is 98.6 Å². The normalized spacial score (nSPS) is 13.0. The molecule has 0 saturated heterocycles. The summed E-state index contributed by atoms with van der Waals surface area (Å²) in [6, 6.07) is 72.1. The third kappa shape index (κ3) is 5.22. The molecule has 61 heavy (non-hydrogen) atoms.